The predicted molar refractivity (Wildman–Crippen MR) is 70.8 cm³/mol. The van der Waals surface area contributed by atoms with Gasteiger partial charge in [-0.05, 0) is 24.1 Å². The van der Waals surface area contributed by atoms with E-state index in [1.165, 1.54) is 11.1 Å². The first-order chi connectivity index (χ1) is 8.34. The fraction of sp³-hybridized carbons (Fsp3) is 0.0625. The van der Waals surface area contributed by atoms with Crippen LogP contribution in [0.3, 0.4) is 0 Å². The maximum Gasteiger partial charge on any atom is 0.0350 e. The summed E-state index contributed by atoms with van der Waals surface area (Å²) >= 11 is 0. The van der Waals surface area contributed by atoms with Crippen LogP contribution in [0.25, 0.3) is 22.0 Å². The van der Waals surface area contributed by atoms with E-state index in [9.17, 15) is 0 Å². The van der Waals surface area contributed by atoms with Gasteiger partial charge < -0.3 is 0 Å². The molecule has 0 saturated heterocycles. The standard InChI is InChI=1S/C16H12N.W/c1-12-11-15(13-7-3-2-4-8-13)14-9-5-6-10-16(14)17-12;/h2-4,6-11H,1H3;/q-1;. The summed E-state index contributed by atoms with van der Waals surface area (Å²) in [5.74, 6) is 0. The van der Waals surface area contributed by atoms with Crippen molar-refractivity contribution in [3.8, 4) is 11.1 Å². The fourth-order valence-corrected chi connectivity index (χ4v) is 2.10. The summed E-state index contributed by atoms with van der Waals surface area (Å²) in [6.45, 7) is 2.03. The number of rotatable bonds is 1. The van der Waals surface area contributed by atoms with Crippen molar-refractivity contribution in [2.24, 2.45) is 0 Å². The molecule has 0 saturated carbocycles. The van der Waals surface area contributed by atoms with Gasteiger partial charge in [-0.3, -0.25) is 4.98 Å². The Balaban J connectivity index is 0.00000120. The average molecular weight is 402 g/mol. The Bertz CT molecular complexity index is 662. The first kappa shape index (κ1) is 13.0. The van der Waals surface area contributed by atoms with Crippen LogP contribution >= 0.6 is 0 Å². The molecule has 1 nitrogen and oxygen atoms in total. The van der Waals surface area contributed by atoms with E-state index in [2.05, 4.69) is 41.4 Å². The summed E-state index contributed by atoms with van der Waals surface area (Å²) in [6.07, 6.45) is 0. The molecule has 3 aromatic rings. The van der Waals surface area contributed by atoms with Crippen molar-refractivity contribution in [1.82, 2.24) is 4.98 Å². The molecule has 2 aromatic carbocycles. The third kappa shape index (κ3) is 2.37. The molecule has 0 N–H and O–H groups in total. The maximum atomic E-state index is 4.54. The molecule has 0 unspecified atom stereocenters. The van der Waals surface area contributed by atoms with Crippen LogP contribution < -0.4 is 0 Å². The molecule has 0 atom stereocenters. The SMILES string of the molecule is Cc1cc(-c2ccccc2)c2c[c-]ccc2n1.[W]. The number of aromatic nitrogens is 1. The molecular weight excluding hydrogens is 390 g/mol. The van der Waals surface area contributed by atoms with Gasteiger partial charge in [0.25, 0.3) is 0 Å². The molecule has 3 rings (SSSR count). The summed E-state index contributed by atoms with van der Waals surface area (Å²) < 4.78 is 0. The fourth-order valence-electron chi connectivity index (χ4n) is 2.10. The molecule has 0 bridgehead atoms. The van der Waals surface area contributed by atoms with Gasteiger partial charge in [0.2, 0.25) is 0 Å². The number of hydrogen-bond acceptors (Lipinski definition) is 1. The first-order valence-corrected chi connectivity index (χ1v) is 5.67. The second-order valence-corrected chi connectivity index (χ2v) is 4.12. The molecule has 0 amide bonds. The predicted octanol–water partition coefficient (Wildman–Crippen LogP) is 4.01. The van der Waals surface area contributed by atoms with Crippen molar-refractivity contribution in [2.45, 2.75) is 6.92 Å². The van der Waals surface area contributed by atoms with Crippen LogP contribution in [-0.2, 0) is 21.1 Å². The van der Waals surface area contributed by atoms with Gasteiger partial charge in [-0.15, -0.1) is 11.5 Å². The summed E-state index contributed by atoms with van der Waals surface area (Å²) in [6, 6.07) is 21.6. The monoisotopic (exact) mass is 402 g/mol. The Kier molecular flexibility index (Phi) is 3.93. The van der Waals surface area contributed by atoms with Crippen molar-refractivity contribution >= 4 is 10.9 Å². The van der Waals surface area contributed by atoms with E-state index >= 15 is 0 Å². The molecule has 0 aliphatic carbocycles. The Hall–Kier alpha value is -1.46. The van der Waals surface area contributed by atoms with Crippen molar-refractivity contribution in [3.05, 3.63) is 66.4 Å². The molecular formula is C16H12NW-. The minimum absolute atomic E-state index is 0. The molecule has 1 heterocycles. The minimum Gasteiger partial charge on any atom is -0.279 e. The van der Waals surface area contributed by atoms with Gasteiger partial charge in [0.05, 0.1) is 0 Å². The summed E-state index contributed by atoms with van der Waals surface area (Å²) in [5.41, 5.74) is 4.53. The Morgan fingerprint density at radius 1 is 1.06 bits per heavy atom. The number of nitrogens with zero attached hydrogens (tertiary/aromatic N) is 1. The van der Waals surface area contributed by atoms with Gasteiger partial charge in [-0.1, -0.05) is 35.9 Å². The molecule has 0 aliphatic rings. The van der Waals surface area contributed by atoms with E-state index < -0.39 is 0 Å². The molecule has 1 aromatic heterocycles. The van der Waals surface area contributed by atoms with Crippen molar-refractivity contribution in [3.63, 3.8) is 0 Å². The Morgan fingerprint density at radius 3 is 2.61 bits per heavy atom. The number of aryl methyl sites for hydroxylation is 1. The summed E-state index contributed by atoms with van der Waals surface area (Å²) in [4.78, 5) is 4.54. The van der Waals surface area contributed by atoms with E-state index in [0.717, 1.165) is 16.6 Å². The van der Waals surface area contributed by atoms with Crippen molar-refractivity contribution in [1.29, 1.82) is 0 Å². The van der Waals surface area contributed by atoms with Gasteiger partial charge >= 0.3 is 0 Å². The third-order valence-corrected chi connectivity index (χ3v) is 2.87. The molecule has 88 valence electrons. The van der Waals surface area contributed by atoms with Gasteiger partial charge in [0.1, 0.15) is 0 Å². The van der Waals surface area contributed by atoms with Crippen molar-refractivity contribution < 1.29 is 21.1 Å². The van der Waals surface area contributed by atoms with Gasteiger partial charge in [-0.25, -0.2) is 0 Å². The van der Waals surface area contributed by atoms with E-state index in [0.29, 0.717) is 0 Å². The quantitative estimate of drug-likeness (QED) is 0.561. The molecule has 0 aliphatic heterocycles. The maximum absolute atomic E-state index is 4.54. The van der Waals surface area contributed by atoms with Gasteiger partial charge in [0.15, 0.2) is 0 Å². The zero-order valence-corrected chi connectivity index (χ0v) is 13.0. The van der Waals surface area contributed by atoms with E-state index in [1.807, 2.05) is 31.2 Å². The van der Waals surface area contributed by atoms with Crippen LogP contribution in [-0.4, -0.2) is 4.98 Å². The second kappa shape index (κ2) is 5.45. The molecule has 0 fully saturated rings. The average Bonchev–Trinajstić information content (AvgIpc) is 2.39. The van der Waals surface area contributed by atoms with Crippen LogP contribution in [0.1, 0.15) is 5.69 Å². The van der Waals surface area contributed by atoms with Gasteiger partial charge in [0, 0.05) is 26.8 Å². The molecule has 0 spiro atoms. The van der Waals surface area contributed by atoms with E-state index in [-0.39, 0.29) is 21.1 Å². The normalized spacial score (nSPS) is 10.1. The number of pyridine rings is 1. The topological polar surface area (TPSA) is 12.9 Å². The van der Waals surface area contributed by atoms with Gasteiger partial charge in [-0.2, -0.15) is 18.2 Å². The zero-order valence-electron chi connectivity index (χ0n) is 10.1. The minimum atomic E-state index is 0. The van der Waals surface area contributed by atoms with E-state index in [4.69, 9.17) is 0 Å². The smallest absolute Gasteiger partial charge is 0.0350 e. The third-order valence-electron chi connectivity index (χ3n) is 2.87. The number of fused-ring (bicyclic) bond motifs is 1. The Morgan fingerprint density at radius 2 is 1.83 bits per heavy atom. The van der Waals surface area contributed by atoms with Crippen LogP contribution in [0.4, 0.5) is 0 Å². The molecule has 18 heavy (non-hydrogen) atoms. The van der Waals surface area contributed by atoms with Crippen LogP contribution in [0.15, 0.2) is 54.6 Å². The van der Waals surface area contributed by atoms with Crippen LogP contribution in [0.5, 0.6) is 0 Å². The van der Waals surface area contributed by atoms with E-state index in [1.54, 1.807) is 0 Å². The summed E-state index contributed by atoms with van der Waals surface area (Å²) in [5, 5.41) is 1.16. The Labute approximate surface area is 121 Å². The second-order valence-electron chi connectivity index (χ2n) is 4.12. The zero-order chi connectivity index (χ0) is 11.7. The number of benzene rings is 2. The first-order valence-electron chi connectivity index (χ1n) is 5.67. The van der Waals surface area contributed by atoms with Crippen LogP contribution in [0, 0.1) is 13.0 Å². The molecule has 0 radical (unpaired) electrons. The van der Waals surface area contributed by atoms with Crippen molar-refractivity contribution in [2.75, 3.05) is 0 Å². The summed E-state index contributed by atoms with van der Waals surface area (Å²) in [7, 11) is 0. The largest absolute Gasteiger partial charge is 0.279 e. The number of hydrogen-bond donors (Lipinski definition) is 0. The van der Waals surface area contributed by atoms with Crippen LogP contribution in [0.2, 0.25) is 0 Å². The molecule has 2 heteroatoms.